The Morgan fingerprint density at radius 2 is 0.978 bits per heavy atom. The number of rotatable bonds is 33. The maximum absolute atomic E-state index is 12.3. The lowest BCUT2D eigenvalue weighted by Gasteiger charge is -2.18. The summed E-state index contributed by atoms with van der Waals surface area (Å²) in [5.74, 6) is -0.913. The average Bonchev–Trinajstić information content (AvgIpc) is 3.02. The van der Waals surface area contributed by atoms with Gasteiger partial charge in [0.2, 0.25) is 0 Å². The molecule has 2 N–H and O–H groups in total. The van der Waals surface area contributed by atoms with Crippen molar-refractivity contribution in [3.63, 3.8) is 0 Å². The Morgan fingerprint density at radius 3 is 1.50 bits per heavy atom. The minimum atomic E-state index is -4.75. The van der Waals surface area contributed by atoms with E-state index in [0.717, 1.165) is 70.6 Å². The van der Waals surface area contributed by atoms with Gasteiger partial charge in [-0.1, -0.05) is 121 Å². The van der Waals surface area contributed by atoms with Crippen LogP contribution in [0.2, 0.25) is 0 Å². The molecule has 0 aromatic rings. The third-order valence-corrected chi connectivity index (χ3v) is 8.12. The molecule has 268 valence electrons. The molecule has 0 heterocycles. The van der Waals surface area contributed by atoms with Crippen molar-refractivity contribution in [2.45, 2.75) is 174 Å². The summed E-state index contributed by atoms with van der Waals surface area (Å²) in [5.41, 5.74) is 0. The molecule has 1 atom stereocenters. The molecule has 0 aromatic heterocycles. The van der Waals surface area contributed by atoms with Gasteiger partial charge >= 0.3 is 19.8 Å². The van der Waals surface area contributed by atoms with Crippen LogP contribution in [0.1, 0.15) is 168 Å². The summed E-state index contributed by atoms with van der Waals surface area (Å²) in [6.45, 7) is 3.61. The van der Waals surface area contributed by atoms with Crippen molar-refractivity contribution in [3.8, 4) is 0 Å². The molecule has 0 aliphatic carbocycles. The van der Waals surface area contributed by atoms with Crippen LogP contribution in [-0.4, -0.2) is 41.0 Å². The van der Waals surface area contributed by atoms with E-state index in [0.29, 0.717) is 12.8 Å². The van der Waals surface area contributed by atoms with Gasteiger partial charge in [-0.05, 0) is 70.6 Å². The van der Waals surface area contributed by atoms with Gasteiger partial charge in [-0.25, -0.2) is 4.57 Å². The minimum absolute atomic E-state index is 0.194. The van der Waals surface area contributed by atoms with Crippen molar-refractivity contribution in [1.29, 1.82) is 0 Å². The molecule has 0 saturated heterocycles. The van der Waals surface area contributed by atoms with Crippen molar-refractivity contribution in [2.75, 3.05) is 13.2 Å². The summed E-state index contributed by atoms with van der Waals surface area (Å²) in [6, 6.07) is 0. The van der Waals surface area contributed by atoms with Crippen LogP contribution in [0, 0.1) is 0 Å². The predicted molar refractivity (Wildman–Crippen MR) is 188 cm³/mol. The van der Waals surface area contributed by atoms with Gasteiger partial charge in [0, 0.05) is 12.8 Å². The molecule has 0 unspecified atom stereocenters. The summed E-state index contributed by atoms with van der Waals surface area (Å²) in [7, 11) is -4.75. The summed E-state index contributed by atoms with van der Waals surface area (Å²) in [4.78, 5) is 42.6. The Labute approximate surface area is 281 Å². The Bertz CT molecular complexity index is 848. The zero-order valence-electron chi connectivity index (χ0n) is 29.2. The molecule has 0 fully saturated rings. The maximum atomic E-state index is 12.3. The molecule has 9 heteroatoms. The lowest BCUT2D eigenvalue weighted by molar-refractivity contribution is -0.161. The molecular formula is C37H67O8P. The highest BCUT2D eigenvalue weighted by Gasteiger charge is 2.22. The number of ether oxygens (including phenoxy) is 2. The Balaban J connectivity index is 4.03. The molecule has 0 amide bonds. The highest BCUT2D eigenvalue weighted by molar-refractivity contribution is 7.46. The van der Waals surface area contributed by atoms with Crippen LogP contribution < -0.4 is 0 Å². The second-order valence-electron chi connectivity index (χ2n) is 12.2. The largest absolute Gasteiger partial charge is 0.469 e. The first-order valence-corrected chi connectivity index (χ1v) is 19.8. The first kappa shape index (κ1) is 44.3. The van der Waals surface area contributed by atoms with Crippen LogP contribution in [0.5, 0.6) is 0 Å². The second-order valence-corrected chi connectivity index (χ2v) is 13.4. The van der Waals surface area contributed by atoms with Crippen molar-refractivity contribution in [2.24, 2.45) is 0 Å². The molecule has 8 nitrogen and oxygen atoms in total. The highest BCUT2D eigenvalue weighted by Crippen LogP contribution is 2.36. The van der Waals surface area contributed by atoms with E-state index in [2.05, 4.69) is 54.8 Å². The number of esters is 2. The molecule has 0 saturated carbocycles. The Hall–Kier alpha value is -1.73. The smallest absolute Gasteiger partial charge is 0.462 e. The predicted octanol–water partition coefficient (Wildman–Crippen LogP) is 10.6. The zero-order valence-corrected chi connectivity index (χ0v) is 30.1. The van der Waals surface area contributed by atoms with E-state index in [1.807, 2.05) is 0 Å². The standard InChI is InChI=1S/C37H67O8P/c1-3-5-7-9-11-13-15-17-18-20-22-24-26-28-30-32-37(39)45-35(34-44-46(40,41)42)33-43-36(38)31-29-27-25-23-21-19-16-14-12-10-8-6-4-2/h11,13-14,16-18,35H,3-10,12,15,19-34H2,1-2H3,(H2,40,41,42)/b13-11+,16-14+,18-17+/t35-/m1/s1. The summed E-state index contributed by atoms with van der Waals surface area (Å²) < 4.78 is 26.2. The Kier molecular flexibility index (Phi) is 31.9. The normalized spacial score (nSPS) is 12.9. The molecule has 0 spiro atoms. The van der Waals surface area contributed by atoms with Crippen molar-refractivity contribution >= 4 is 19.8 Å². The molecule has 0 radical (unpaired) electrons. The minimum Gasteiger partial charge on any atom is -0.462 e. The first-order chi connectivity index (χ1) is 22.3. The van der Waals surface area contributed by atoms with Crippen molar-refractivity contribution in [1.82, 2.24) is 0 Å². The average molecular weight is 671 g/mol. The molecule has 46 heavy (non-hydrogen) atoms. The van der Waals surface area contributed by atoms with Crippen LogP contribution in [0.3, 0.4) is 0 Å². The van der Waals surface area contributed by atoms with Crippen molar-refractivity contribution < 1.29 is 37.9 Å². The van der Waals surface area contributed by atoms with Gasteiger partial charge < -0.3 is 19.3 Å². The van der Waals surface area contributed by atoms with E-state index in [4.69, 9.17) is 19.3 Å². The summed E-state index contributed by atoms with van der Waals surface area (Å²) in [6.07, 6.45) is 37.2. The third-order valence-electron chi connectivity index (χ3n) is 7.63. The SMILES string of the molecule is CCCCC/C=C/C/C=C/CCCCCCCC(=O)O[C@H](COC(=O)CCCCCCC/C=C/CCCCCC)COP(=O)(O)O. The fraction of sp³-hybridized carbons (Fsp3) is 0.784. The molecule has 0 aromatic carbocycles. The van der Waals surface area contributed by atoms with Gasteiger partial charge in [-0.2, -0.15) is 0 Å². The molecule has 0 rings (SSSR count). The van der Waals surface area contributed by atoms with Gasteiger partial charge in [0.15, 0.2) is 6.10 Å². The lowest BCUT2D eigenvalue weighted by Crippen LogP contribution is -2.29. The van der Waals surface area contributed by atoms with Gasteiger partial charge in [0.1, 0.15) is 6.61 Å². The number of carbonyl (C=O) groups is 2. The van der Waals surface area contributed by atoms with Crippen LogP contribution in [0.15, 0.2) is 36.5 Å². The number of phosphoric acid groups is 1. The Morgan fingerprint density at radius 1 is 0.565 bits per heavy atom. The van der Waals surface area contributed by atoms with Gasteiger partial charge in [-0.15, -0.1) is 0 Å². The van der Waals surface area contributed by atoms with Crippen LogP contribution in [0.25, 0.3) is 0 Å². The van der Waals surface area contributed by atoms with Gasteiger partial charge in [0.25, 0.3) is 0 Å². The fourth-order valence-electron chi connectivity index (χ4n) is 4.87. The van der Waals surface area contributed by atoms with E-state index in [-0.39, 0.29) is 19.4 Å². The van der Waals surface area contributed by atoms with E-state index < -0.39 is 32.5 Å². The van der Waals surface area contributed by atoms with Crippen LogP contribution >= 0.6 is 7.82 Å². The third kappa shape index (κ3) is 35.1. The zero-order chi connectivity index (χ0) is 34.0. The van der Waals surface area contributed by atoms with Gasteiger partial charge in [0.05, 0.1) is 6.61 Å². The molecule has 0 aliphatic heterocycles. The van der Waals surface area contributed by atoms with Gasteiger partial charge in [-0.3, -0.25) is 14.1 Å². The fourth-order valence-corrected chi connectivity index (χ4v) is 5.23. The molecular weight excluding hydrogens is 603 g/mol. The topological polar surface area (TPSA) is 119 Å². The maximum Gasteiger partial charge on any atom is 0.469 e. The lowest BCUT2D eigenvalue weighted by atomic mass is 10.1. The quantitative estimate of drug-likeness (QED) is 0.0306. The monoisotopic (exact) mass is 670 g/mol. The number of hydrogen-bond donors (Lipinski definition) is 2. The second kappa shape index (κ2) is 33.2. The van der Waals surface area contributed by atoms with Crippen molar-refractivity contribution in [3.05, 3.63) is 36.5 Å². The first-order valence-electron chi connectivity index (χ1n) is 18.3. The summed E-state index contributed by atoms with van der Waals surface area (Å²) in [5, 5.41) is 0. The van der Waals surface area contributed by atoms with Crippen LogP contribution in [-0.2, 0) is 28.2 Å². The summed E-state index contributed by atoms with van der Waals surface area (Å²) >= 11 is 0. The van der Waals surface area contributed by atoms with Crippen LogP contribution in [0.4, 0.5) is 0 Å². The number of allylic oxidation sites excluding steroid dienone is 6. The number of hydrogen-bond acceptors (Lipinski definition) is 6. The van der Waals surface area contributed by atoms with E-state index in [1.54, 1.807) is 0 Å². The van der Waals surface area contributed by atoms with E-state index >= 15 is 0 Å². The number of unbranched alkanes of at least 4 members (excludes halogenated alkanes) is 17. The highest BCUT2D eigenvalue weighted by atomic mass is 31.2. The van der Waals surface area contributed by atoms with E-state index in [1.165, 1.54) is 57.8 Å². The molecule has 0 bridgehead atoms. The molecule has 0 aliphatic rings. The number of carbonyl (C=O) groups excluding carboxylic acids is 2. The number of phosphoric ester groups is 1. The van der Waals surface area contributed by atoms with E-state index in [9.17, 15) is 14.2 Å².